The van der Waals surface area contributed by atoms with E-state index in [2.05, 4.69) is 15.3 Å². The van der Waals surface area contributed by atoms with E-state index in [1.807, 2.05) is 24.3 Å². The minimum atomic E-state index is -0.809. The molecule has 3 rings (SSSR count). The van der Waals surface area contributed by atoms with Crippen LogP contribution in [0.3, 0.4) is 0 Å². The normalized spacial score (nSPS) is 12.2. The number of imidazole rings is 1. The molecule has 0 radical (unpaired) electrons. The van der Waals surface area contributed by atoms with E-state index in [0.29, 0.717) is 16.9 Å². The van der Waals surface area contributed by atoms with Crippen molar-refractivity contribution in [1.82, 2.24) is 9.97 Å². The van der Waals surface area contributed by atoms with Crippen molar-refractivity contribution >= 4 is 22.4 Å². The van der Waals surface area contributed by atoms with Crippen molar-refractivity contribution < 1.29 is 15.1 Å². The number of hydrogen-bond donors (Lipinski definition) is 4. The Balaban J connectivity index is 1.81. The van der Waals surface area contributed by atoms with E-state index in [4.69, 9.17) is 5.11 Å². The van der Waals surface area contributed by atoms with Gasteiger partial charge in [0.25, 0.3) is 5.69 Å². The average Bonchev–Trinajstić information content (AvgIpc) is 3.03. The average molecular weight is 328 g/mol. The summed E-state index contributed by atoms with van der Waals surface area (Å²) in [6.45, 7) is -0.0413. The predicted octanol–water partition coefficient (Wildman–Crippen LogP) is 1.90. The van der Waals surface area contributed by atoms with Crippen LogP contribution in [0, 0.1) is 10.1 Å². The molecule has 4 N–H and O–H groups in total. The molecule has 0 fully saturated rings. The molecule has 8 nitrogen and oxygen atoms in total. The number of nitro benzene ring substituents is 1. The van der Waals surface area contributed by atoms with Crippen molar-refractivity contribution in [3.05, 3.63) is 52.6 Å². The molecule has 1 atom stereocenters. The molecule has 2 aromatic carbocycles. The topological polar surface area (TPSA) is 124 Å². The summed E-state index contributed by atoms with van der Waals surface area (Å²) in [5, 5.41) is 31.9. The monoisotopic (exact) mass is 328 g/mol. The van der Waals surface area contributed by atoms with Gasteiger partial charge in [0, 0.05) is 29.9 Å². The summed E-state index contributed by atoms with van der Waals surface area (Å²) in [6.07, 6.45) is -0.809. The largest absolute Gasteiger partial charge is 0.394 e. The van der Waals surface area contributed by atoms with E-state index in [1.54, 1.807) is 6.07 Å². The van der Waals surface area contributed by atoms with Crippen LogP contribution in [-0.4, -0.2) is 44.4 Å². The number of anilines is 1. The number of benzene rings is 2. The molecule has 0 saturated heterocycles. The van der Waals surface area contributed by atoms with E-state index in [1.165, 1.54) is 12.1 Å². The maximum atomic E-state index is 10.8. The molecule has 0 aliphatic heterocycles. The van der Waals surface area contributed by atoms with E-state index in [9.17, 15) is 15.2 Å². The zero-order valence-electron chi connectivity index (χ0n) is 12.6. The summed E-state index contributed by atoms with van der Waals surface area (Å²) < 4.78 is 0. The standard InChI is InChI=1S/C16H16N4O4/c21-9-13(22)8-17-11-3-1-10(2-4-11)16-18-14-6-5-12(20(23)24)7-15(14)19-16/h1-7,13,17,21-22H,8-9H2,(H,18,19). The van der Waals surface area contributed by atoms with Crippen LogP contribution in [0.1, 0.15) is 0 Å². The molecule has 3 aromatic rings. The predicted molar refractivity (Wildman–Crippen MR) is 89.8 cm³/mol. The molecule has 0 aliphatic rings. The first kappa shape index (κ1) is 15.9. The van der Waals surface area contributed by atoms with Crippen LogP contribution >= 0.6 is 0 Å². The molecule has 1 unspecified atom stereocenters. The van der Waals surface area contributed by atoms with Gasteiger partial charge < -0.3 is 20.5 Å². The first-order valence-electron chi connectivity index (χ1n) is 7.34. The Hall–Kier alpha value is -2.97. The van der Waals surface area contributed by atoms with Crippen LogP contribution < -0.4 is 5.32 Å². The molecular formula is C16H16N4O4. The highest BCUT2D eigenvalue weighted by Crippen LogP contribution is 2.24. The molecular weight excluding hydrogens is 312 g/mol. The molecule has 0 aliphatic carbocycles. The number of nitrogens with one attached hydrogen (secondary N) is 2. The maximum Gasteiger partial charge on any atom is 0.271 e. The second-order valence-electron chi connectivity index (χ2n) is 5.34. The molecule has 0 saturated carbocycles. The van der Waals surface area contributed by atoms with Gasteiger partial charge in [-0.3, -0.25) is 10.1 Å². The van der Waals surface area contributed by atoms with Gasteiger partial charge in [0.05, 0.1) is 28.7 Å². The lowest BCUT2D eigenvalue weighted by atomic mass is 10.2. The highest BCUT2D eigenvalue weighted by Gasteiger charge is 2.10. The van der Waals surface area contributed by atoms with Gasteiger partial charge in [-0.25, -0.2) is 4.98 Å². The maximum absolute atomic E-state index is 10.8. The Morgan fingerprint density at radius 1 is 1.25 bits per heavy atom. The van der Waals surface area contributed by atoms with Crippen molar-refractivity contribution in [2.75, 3.05) is 18.5 Å². The van der Waals surface area contributed by atoms with Crippen LogP contribution in [-0.2, 0) is 0 Å². The molecule has 24 heavy (non-hydrogen) atoms. The van der Waals surface area contributed by atoms with E-state index in [-0.39, 0.29) is 18.8 Å². The first-order chi connectivity index (χ1) is 11.6. The van der Waals surface area contributed by atoms with Crippen molar-refractivity contribution in [3.63, 3.8) is 0 Å². The molecule has 0 bridgehead atoms. The van der Waals surface area contributed by atoms with Crippen LogP contribution in [0.25, 0.3) is 22.4 Å². The van der Waals surface area contributed by atoms with E-state index < -0.39 is 11.0 Å². The number of aromatic nitrogens is 2. The van der Waals surface area contributed by atoms with Gasteiger partial charge in [-0.05, 0) is 30.3 Å². The number of rotatable bonds is 6. The fourth-order valence-electron chi connectivity index (χ4n) is 2.29. The van der Waals surface area contributed by atoms with Crippen molar-refractivity contribution in [2.45, 2.75) is 6.10 Å². The molecule has 0 amide bonds. The van der Waals surface area contributed by atoms with Crippen LogP contribution in [0.2, 0.25) is 0 Å². The number of nitrogens with zero attached hydrogens (tertiary/aromatic N) is 2. The fourth-order valence-corrected chi connectivity index (χ4v) is 2.29. The number of aliphatic hydroxyl groups excluding tert-OH is 2. The summed E-state index contributed by atoms with van der Waals surface area (Å²) >= 11 is 0. The Bertz CT molecular complexity index is 860. The minimum Gasteiger partial charge on any atom is -0.394 e. The lowest BCUT2D eigenvalue weighted by Crippen LogP contribution is -2.22. The van der Waals surface area contributed by atoms with Crippen LogP contribution in [0.4, 0.5) is 11.4 Å². The second-order valence-corrected chi connectivity index (χ2v) is 5.34. The zero-order chi connectivity index (χ0) is 17.1. The SMILES string of the molecule is O=[N+]([O-])c1ccc2nc(-c3ccc(NCC(O)CO)cc3)[nH]c2c1. The molecule has 0 spiro atoms. The summed E-state index contributed by atoms with van der Waals surface area (Å²) in [5.41, 5.74) is 2.91. The first-order valence-corrected chi connectivity index (χ1v) is 7.34. The van der Waals surface area contributed by atoms with Crippen LogP contribution in [0.5, 0.6) is 0 Å². The Labute approximate surface area is 136 Å². The number of nitro groups is 1. The summed E-state index contributed by atoms with van der Waals surface area (Å²) in [4.78, 5) is 17.9. The Morgan fingerprint density at radius 2 is 2.00 bits per heavy atom. The highest BCUT2D eigenvalue weighted by molar-refractivity contribution is 5.81. The highest BCUT2D eigenvalue weighted by atomic mass is 16.6. The van der Waals surface area contributed by atoms with Gasteiger partial charge >= 0.3 is 0 Å². The number of non-ortho nitro benzene ring substituents is 1. The lowest BCUT2D eigenvalue weighted by molar-refractivity contribution is -0.384. The number of H-pyrrole nitrogens is 1. The third-order valence-corrected chi connectivity index (χ3v) is 3.59. The summed E-state index contributed by atoms with van der Waals surface area (Å²) in [5.74, 6) is 0.618. The van der Waals surface area contributed by atoms with Gasteiger partial charge in [-0.2, -0.15) is 0 Å². The minimum absolute atomic E-state index is 0.0136. The second kappa shape index (κ2) is 6.65. The quantitative estimate of drug-likeness (QED) is 0.405. The summed E-state index contributed by atoms with van der Waals surface area (Å²) in [7, 11) is 0. The zero-order valence-corrected chi connectivity index (χ0v) is 12.6. The van der Waals surface area contributed by atoms with Crippen molar-refractivity contribution in [3.8, 4) is 11.4 Å². The third kappa shape index (κ3) is 3.34. The number of aromatic amines is 1. The Morgan fingerprint density at radius 3 is 2.67 bits per heavy atom. The molecule has 124 valence electrons. The molecule has 1 aromatic heterocycles. The fraction of sp³-hybridized carbons (Fsp3) is 0.188. The van der Waals surface area contributed by atoms with E-state index in [0.717, 1.165) is 11.3 Å². The number of aliphatic hydroxyl groups is 2. The number of hydrogen-bond acceptors (Lipinski definition) is 6. The van der Waals surface area contributed by atoms with Crippen LogP contribution in [0.15, 0.2) is 42.5 Å². The van der Waals surface area contributed by atoms with Gasteiger partial charge in [0.1, 0.15) is 5.82 Å². The van der Waals surface area contributed by atoms with Gasteiger partial charge in [-0.1, -0.05) is 0 Å². The molecule has 8 heteroatoms. The molecule has 1 heterocycles. The third-order valence-electron chi connectivity index (χ3n) is 3.59. The van der Waals surface area contributed by atoms with Crippen molar-refractivity contribution in [1.29, 1.82) is 0 Å². The summed E-state index contributed by atoms with van der Waals surface area (Å²) in [6, 6.07) is 11.8. The van der Waals surface area contributed by atoms with E-state index >= 15 is 0 Å². The van der Waals surface area contributed by atoms with Crippen molar-refractivity contribution in [2.24, 2.45) is 0 Å². The smallest absolute Gasteiger partial charge is 0.271 e. The van der Waals surface area contributed by atoms with Gasteiger partial charge in [0.15, 0.2) is 0 Å². The van der Waals surface area contributed by atoms with Gasteiger partial charge in [-0.15, -0.1) is 0 Å². The Kier molecular flexibility index (Phi) is 4.41. The lowest BCUT2D eigenvalue weighted by Gasteiger charge is -2.10. The van der Waals surface area contributed by atoms with Gasteiger partial charge in [0.2, 0.25) is 0 Å². The number of fused-ring (bicyclic) bond motifs is 1.